The van der Waals surface area contributed by atoms with E-state index in [9.17, 15) is 9.59 Å². The Balaban J connectivity index is 0.000000366. The second-order valence-corrected chi connectivity index (χ2v) is 10.3. The first-order valence-electron chi connectivity index (χ1n) is 13.0. The molecule has 38 heavy (non-hydrogen) atoms. The quantitative estimate of drug-likeness (QED) is 0.428. The van der Waals surface area contributed by atoms with E-state index in [1.54, 1.807) is 18.3 Å². The summed E-state index contributed by atoms with van der Waals surface area (Å²) in [4.78, 5) is 32.8. The lowest BCUT2D eigenvalue weighted by Gasteiger charge is -2.35. The standard InChI is InChI=1S/C23H23ClN4O3.C5H11NO/c1-3-25-23(30)17-13-28-18-5-4-14(24)10-19(18)31-20-12-15(11-16(21(20)28)22(17)29)27-8-6-26(2)7-9-27;1-6-2-4-7-5-3-6/h4-5,10-13H,3,6-9H2,1-2H3,(H,25,30);2-5H2,1H3. The number of morpholine rings is 1. The molecule has 3 aromatic rings. The van der Waals surface area contributed by atoms with E-state index < -0.39 is 0 Å². The number of benzene rings is 2. The average Bonchev–Trinajstić information content (AvgIpc) is 2.91. The lowest BCUT2D eigenvalue weighted by atomic mass is 10.1. The van der Waals surface area contributed by atoms with Gasteiger partial charge >= 0.3 is 0 Å². The third-order valence-electron chi connectivity index (χ3n) is 7.13. The fourth-order valence-corrected chi connectivity index (χ4v) is 5.05. The number of likely N-dealkylation sites (N-methyl/N-ethyl adjacent to an activating group) is 2. The molecule has 0 atom stereocenters. The monoisotopic (exact) mass is 539 g/mol. The molecule has 0 unspecified atom stereocenters. The van der Waals surface area contributed by atoms with Gasteiger partial charge < -0.3 is 34.1 Å². The zero-order valence-corrected chi connectivity index (χ0v) is 22.9. The minimum Gasteiger partial charge on any atom is -0.453 e. The zero-order chi connectivity index (χ0) is 26.8. The van der Waals surface area contributed by atoms with Crippen molar-refractivity contribution in [3.63, 3.8) is 0 Å². The number of fused-ring (bicyclic) bond motifs is 2. The summed E-state index contributed by atoms with van der Waals surface area (Å²) in [6, 6.07) is 9.21. The van der Waals surface area contributed by atoms with E-state index in [0.29, 0.717) is 34.0 Å². The number of carbonyl (C=O) groups is 1. The first-order chi connectivity index (χ1) is 18.4. The Labute approximate surface area is 227 Å². The molecule has 0 spiro atoms. The maximum atomic E-state index is 13.4. The van der Waals surface area contributed by atoms with Crippen molar-refractivity contribution >= 4 is 34.1 Å². The van der Waals surface area contributed by atoms with E-state index in [1.807, 2.05) is 29.7 Å². The van der Waals surface area contributed by atoms with Gasteiger partial charge in [-0.25, -0.2) is 0 Å². The highest BCUT2D eigenvalue weighted by molar-refractivity contribution is 6.30. The summed E-state index contributed by atoms with van der Waals surface area (Å²) < 4.78 is 13.2. The summed E-state index contributed by atoms with van der Waals surface area (Å²) in [7, 11) is 4.21. The zero-order valence-electron chi connectivity index (χ0n) is 22.1. The van der Waals surface area contributed by atoms with Crippen LogP contribution in [0.2, 0.25) is 5.02 Å². The van der Waals surface area contributed by atoms with Crippen LogP contribution in [0.4, 0.5) is 5.69 Å². The summed E-state index contributed by atoms with van der Waals surface area (Å²) >= 11 is 6.21. The van der Waals surface area contributed by atoms with Gasteiger partial charge in [0.05, 0.1) is 24.3 Å². The minimum atomic E-state index is -0.383. The number of nitrogens with zero attached hydrogens (tertiary/aromatic N) is 4. The number of pyridine rings is 1. The van der Waals surface area contributed by atoms with Gasteiger partial charge in [-0.05, 0) is 39.2 Å². The number of halogens is 1. The predicted molar refractivity (Wildman–Crippen MR) is 151 cm³/mol. The molecule has 0 aliphatic carbocycles. The second-order valence-electron chi connectivity index (χ2n) is 9.86. The highest BCUT2D eigenvalue weighted by Crippen LogP contribution is 2.42. The Kier molecular flexibility index (Phi) is 7.90. The van der Waals surface area contributed by atoms with Crippen LogP contribution >= 0.6 is 11.6 Å². The molecule has 2 saturated heterocycles. The normalized spacial score (nSPS) is 17.3. The SMILES string of the molecule is CCNC(=O)c1cn2c3c(cc(N4CCN(C)CC4)cc3c1=O)Oc1cc(Cl)ccc1-2.CN1CCOCC1. The summed E-state index contributed by atoms with van der Waals surface area (Å²) in [6.45, 7) is 9.88. The molecule has 10 heteroatoms. The Bertz CT molecular complexity index is 1390. The van der Waals surface area contributed by atoms with Crippen LogP contribution in [0, 0.1) is 0 Å². The largest absolute Gasteiger partial charge is 0.453 e. The number of carbonyl (C=O) groups excluding carboxylic acids is 1. The number of hydrogen-bond acceptors (Lipinski definition) is 7. The van der Waals surface area contributed by atoms with Crippen LogP contribution in [0.1, 0.15) is 17.3 Å². The average molecular weight is 540 g/mol. The van der Waals surface area contributed by atoms with Gasteiger partial charge in [0, 0.05) is 74.9 Å². The molecule has 3 aliphatic rings. The molecule has 6 rings (SSSR count). The lowest BCUT2D eigenvalue weighted by Crippen LogP contribution is -2.44. The molecule has 2 fully saturated rings. The van der Waals surface area contributed by atoms with E-state index in [4.69, 9.17) is 21.1 Å². The van der Waals surface area contributed by atoms with Gasteiger partial charge in [0.1, 0.15) is 11.1 Å². The summed E-state index contributed by atoms with van der Waals surface area (Å²) in [5, 5.41) is 3.77. The Morgan fingerprint density at radius 3 is 2.34 bits per heavy atom. The van der Waals surface area contributed by atoms with Gasteiger partial charge in [-0.15, -0.1) is 0 Å². The van der Waals surface area contributed by atoms with E-state index in [0.717, 1.165) is 63.9 Å². The molecule has 3 aliphatic heterocycles. The highest BCUT2D eigenvalue weighted by atomic mass is 35.5. The van der Waals surface area contributed by atoms with Gasteiger partial charge in [-0.2, -0.15) is 0 Å². The van der Waals surface area contributed by atoms with Crippen molar-refractivity contribution in [1.82, 2.24) is 19.7 Å². The van der Waals surface area contributed by atoms with Gasteiger partial charge in [-0.1, -0.05) is 11.6 Å². The fourth-order valence-electron chi connectivity index (χ4n) is 4.89. The van der Waals surface area contributed by atoms with Crippen molar-refractivity contribution in [2.75, 3.05) is 78.0 Å². The molecule has 9 nitrogen and oxygen atoms in total. The van der Waals surface area contributed by atoms with Crippen LogP contribution in [0.5, 0.6) is 11.5 Å². The highest BCUT2D eigenvalue weighted by Gasteiger charge is 2.26. The van der Waals surface area contributed by atoms with Crippen molar-refractivity contribution in [2.24, 2.45) is 0 Å². The van der Waals surface area contributed by atoms with Crippen LogP contribution < -0.4 is 20.4 Å². The number of aromatic nitrogens is 1. The summed E-state index contributed by atoms with van der Waals surface area (Å²) in [6.07, 6.45) is 1.60. The number of anilines is 1. The third-order valence-corrected chi connectivity index (χ3v) is 7.37. The fraction of sp³-hybridized carbons (Fsp3) is 0.429. The number of piperazine rings is 1. The predicted octanol–water partition coefficient (Wildman–Crippen LogP) is 3.20. The van der Waals surface area contributed by atoms with E-state index in [1.165, 1.54) is 0 Å². The number of hydrogen-bond donors (Lipinski definition) is 1. The molecule has 4 heterocycles. The Hall–Kier alpha value is -3.11. The first kappa shape index (κ1) is 26.5. The van der Waals surface area contributed by atoms with Crippen LogP contribution in [0.3, 0.4) is 0 Å². The van der Waals surface area contributed by atoms with Gasteiger partial charge in [0.15, 0.2) is 11.5 Å². The van der Waals surface area contributed by atoms with Crippen LogP contribution in [0.25, 0.3) is 16.6 Å². The molecular formula is C28H34ClN5O4. The molecule has 0 bridgehead atoms. The third kappa shape index (κ3) is 5.37. The smallest absolute Gasteiger partial charge is 0.256 e. The molecule has 1 N–H and O–H groups in total. The summed E-state index contributed by atoms with van der Waals surface area (Å²) in [5.74, 6) is 0.787. The first-order valence-corrected chi connectivity index (χ1v) is 13.4. The van der Waals surface area contributed by atoms with Gasteiger partial charge in [0.2, 0.25) is 5.43 Å². The number of amides is 1. The van der Waals surface area contributed by atoms with E-state index in [2.05, 4.69) is 34.1 Å². The molecule has 1 amide bonds. The number of nitrogens with one attached hydrogen (secondary N) is 1. The van der Waals surface area contributed by atoms with Crippen LogP contribution in [-0.4, -0.2) is 93.4 Å². The summed E-state index contributed by atoms with van der Waals surface area (Å²) in [5.41, 5.74) is 2.12. The maximum Gasteiger partial charge on any atom is 0.256 e. The van der Waals surface area contributed by atoms with Crippen molar-refractivity contribution in [1.29, 1.82) is 0 Å². The Morgan fingerprint density at radius 2 is 1.68 bits per heavy atom. The van der Waals surface area contributed by atoms with Crippen LogP contribution in [0.15, 0.2) is 41.3 Å². The topological polar surface area (TPSA) is 79.3 Å². The lowest BCUT2D eigenvalue weighted by molar-refractivity contribution is 0.0503. The number of rotatable bonds is 3. The molecule has 0 saturated carbocycles. The molecule has 0 radical (unpaired) electrons. The van der Waals surface area contributed by atoms with Crippen molar-refractivity contribution in [3.05, 3.63) is 57.3 Å². The van der Waals surface area contributed by atoms with Gasteiger partial charge in [-0.3, -0.25) is 9.59 Å². The Morgan fingerprint density at radius 1 is 0.974 bits per heavy atom. The molecule has 2 aromatic carbocycles. The molecule has 202 valence electrons. The molecule has 1 aromatic heterocycles. The van der Waals surface area contributed by atoms with Crippen molar-refractivity contribution < 1.29 is 14.3 Å². The van der Waals surface area contributed by atoms with E-state index >= 15 is 0 Å². The van der Waals surface area contributed by atoms with Crippen molar-refractivity contribution in [2.45, 2.75) is 6.92 Å². The number of ether oxygens (including phenoxy) is 2. The maximum absolute atomic E-state index is 13.4. The van der Waals surface area contributed by atoms with E-state index in [-0.39, 0.29) is 16.9 Å². The van der Waals surface area contributed by atoms with Crippen molar-refractivity contribution in [3.8, 4) is 17.2 Å². The van der Waals surface area contributed by atoms with Gasteiger partial charge in [0.25, 0.3) is 5.91 Å². The minimum absolute atomic E-state index is 0.110. The van der Waals surface area contributed by atoms with Crippen LogP contribution in [-0.2, 0) is 4.74 Å². The molecular weight excluding hydrogens is 506 g/mol. The second kappa shape index (κ2) is 11.3.